The topological polar surface area (TPSA) is 98.7 Å². The quantitative estimate of drug-likeness (QED) is 0.618. The summed E-state index contributed by atoms with van der Waals surface area (Å²) in [5.74, 6) is -3.86. The normalized spacial score (nSPS) is 18.1. The van der Waals surface area contributed by atoms with Crippen molar-refractivity contribution < 1.29 is 28.3 Å². The Bertz CT molecular complexity index is 1050. The van der Waals surface area contributed by atoms with Crippen molar-refractivity contribution in [2.24, 2.45) is 0 Å². The van der Waals surface area contributed by atoms with Gasteiger partial charge in [-0.3, -0.25) is 14.4 Å². The van der Waals surface area contributed by atoms with Crippen molar-refractivity contribution in [3.8, 4) is 0 Å². The van der Waals surface area contributed by atoms with Crippen LogP contribution in [-0.2, 0) is 14.4 Å². The highest BCUT2D eigenvalue weighted by Gasteiger charge is 2.32. The zero-order valence-electron chi connectivity index (χ0n) is 18.2. The predicted octanol–water partition coefficient (Wildman–Crippen LogP) is 1.93. The standard InChI is InChI=1S/C24H25F2N3O4/c1-14(27-23(32)21(30)16-11-17(25)13-18(26)12-16)22(31)28-20-19(15-7-4-3-5-8-15)9-6-10-29(2)24(20)33/h3-5,7-9,11-14,20-21,30H,6,10H2,1-2H3,(H,27,32)(H,28,31)/t14-,20-,21-/m0/s1. The van der Waals surface area contributed by atoms with Crippen LogP contribution < -0.4 is 10.6 Å². The van der Waals surface area contributed by atoms with Crippen molar-refractivity contribution in [2.75, 3.05) is 13.6 Å². The van der Waals surface area contributed by atoms with Crippen molar-refractivity contribution in [3.05, 3.63) is 77.4 Å². The number of halogens is 2. The van der Waals surface area contributed by atoms with Crippen LogP contribution in [0.3, 0.4) is 0 Å². The van der Waals surface area contributed by atoms with Gasteiger partial charge in [-0.15, -0.1) is 0 Å². The zero-order valence-corrected chi connectivity index (χ0v) is 18.2. The Balaban J connectivity index is 1.73. The van der Waals surface area contributed by atoms with Crippen LogP contribution in [0, 0.1) is 11.6 Å². The van der Waals surface area contributed by atoms with Crippen molar-refractivity contribution in [3.63, 3.8) is 0 Å². The van der Waals surface area contributed by atoms with Crippen molar-refractivity contribution >= 4 is 23.3 Å². The third-order valence-corrected chi connectivity index (χ3v) is 5.36. The molecule has 3 rings (SSSR count). The van der Waals surface area contributed by atoms with E-state index >= 15 is 0 Å². The lowest BCUT2D eigenvalue weighted by molar-refractivity contribution is -0.136. The number of carbonyl (C=O) groups is 3. The van der Waals surface area contributed by atoms with Crippen LogP contribution >= 0.6 is 0 Å². The fraction of sp³-hybridized carbons (Fsp3) is 0.292. The van der Waals surface area contributed by atoms with E-state index in [4.69, 9.17) is 0 Å². The molecule has 7 nitrogen and oxygen atoms in total. The van der Waals surface area contributed by atoms with Crippen molar-refractivity contribution in [1.82, 2.24) is 15.5 Å². The number of hydrogen-bond donors (Lipinski definition) is 3. The number of nitrogens with zero attached hydrogens (tertiary/aromatic N) is 1. The third-order valence-electron chi connectivity index (χ3n) is 5.36. The number of aliphatic hydroxyl groups excluding tert-OH is 1. The molecule has 0 radical (unpaired) electrons. The first-order chi connectivity index (χ1) is 15.7. The molecule has 0 saturated heterocycles. The highest BCUT2D eigenvalue weighted by molar-refractivity contribution is 6.00. The average molecular weight is 457 g/mol. The lowest BCUT2D eigenvalue weighted by Crippen LogP contribution is -2.53. The van der Waals surface area contributed by atoms with E-state index in [0.29, 0.717) is 24.6 Å². The Labute approximate surface area is 190 Å². The van der Waals surface area contributed by atoms with Gasteiger partial charge >= 0.3 is 0 Å². The number of benzene rings is 2. The molecule has 2 aromatic carbocycles. The van der Waals surface area contributed by atoms with Crippen LogP contribution in [-0.4, -0.2) is 53.4 Å². The van der Waals surface area contributed by atoms with Gasteiger partial charge in [0, 0.05) is 19.7 Å². The van der Waals surface area contributed by atoms with E-state index in [1.165, 1.54) is 11.8 Å². The van der Waals surface area contributed by atoms with Gasteiger partial charge in [-0.05, 0) is 42.2 Å². The van der Waals surface area contributed by atoms with E-state index in [0.717, 1.165) is 17.7 Å². The minimum absolute atomic E-state index is 0.285. The lowest BCUT2D eigenvalue weighted by atomic mass is 9.97. The largest absolute Gasteiger partial charge is 0.378 e. The summed E-state index contributed by atoms with van der Waals surface area (Å²) in [5, 5.41) is 15.1. The number of rotatable bonds is 6. The molecule has 9 heteroatoms. The van der Waals surface area contributed by atoms with E-state index in [9.17, 15) is 28.3 Å². The summed E-state index contributed by atoms with van der Waals surface area (Å²) < 4.78 is 26.8. The molecule has 0 aliphatic carbocycles. The summed E-state index contributed by atoms with van der Waals surface area (Å²) in [5.41, 5.74) is 1.14. The van der Waals surface area contributed by atoms with Crippen molar-refractivity contribution in [1.29, 1.82) is 0 Å². The molecule has 33 heavy (non-hydrogen) atoms. The molecule has 0 fully saturated rings. The van der Waals surface area contributed by atoms with Gasteiger partial charge in [0.15, 0.2) is 6.10 Å². The number of likely N-dealkylation sites (N-methyl/N-ethyl adjacent to an activating group) is 1. The summed E-state index contributed by atoms with van der Waals surface area (Å²) in [6, 6.07) is 9.34. The highest BCUT2D eigenvalue weighted by Crippen LogP contribution is 2.23. The molecule has 1 heterocycles. The molecule has 174 valence electrons. The zero-order chi connectivity index (χ0) is 24.1. The molecule has 0 aromatic heterocycles. The van der Waals surface area contributed by atoms with Crippen LogP contribution in [0.25, 0.3) is 5.57 Å². The van der Waals surface area contributed by atoms with E-state index in [1.807, 2.05) is 36.4 Å². The van der Waals surface area contributed by atoms with Crippen LogP contribution in [0.1, 0.15) is 30.6 Å². The lowest BCUT2D eigenvalue weighted by Gasteiger charge is -2.26. The van der Waals surface area contributed by atoms with Crippen LogP contribution in [0.2, 0.25) is 0 Å². The molecule has 1 aliphatic heterocycles. The summed E-state index contributed by atoms with van der Waals surface area (Å²) in [4.78, 5) is 39.6. The van der Waals surface area contributed by atoms with E-state index in [-0.39, 0.29) is 11.5 Å². The third kappa shape index (κ3) is 5.81. The number of nitrogens with one attached hydrogen (secondary N) is 2. The molecule has 0 spiro atoms. The Morgan fingerprint density at radius 1 is 1.09 bits per heavy atom. The SMILES string of the molecule is C[C@H](NC(=O)[C@@H](O)c1cc(F)cc(F)c1)C(=O)N[C@@H]1C(=O)N(C)CCC=C1c1ccccc1. The predicted molar refractivity (Wildman–Crippen MR) is 118 cm³/mol. The van der Waals surface area contributed by atoms with Crippen LogP contribution in [0.5, 0.6) is 0 Å². The molecule has 1 aliphatic rings. The van der Waals surface area contributed by atoms with E-state index < -0.39 is 41.6 Å². The first-order valence-electron chi connectivity index (χ1n) is 10.4. The van der Waals surface area contributed by atoms with Crippen LogP contribution in [0.4, 0.5) is 8.78 Å². The number of carbonyl (C=O) groups excluding carboxylic acids is 3. The Morgan fingerprint density at radius 3 is 2.36 bits per heavy atom. The molecule has 3 N–H and O–H groups in total. The maximum absolute atomic E-state index is 13.4. The van der Waals surface area contributed by atoms with Gasteiger partial charge in [0.25, 0.3) is 5.91 Å². The summed E-state index contributed by atoms with van der Waals surface area (Å²) in [6.45, 7) is 1.87. The molecule has 0 bridgehead atoms. The number of aliphatic hydroxyl groups is 1. The summed E-state index contributed by atoms with van der Waals surface area (Å²) >= 11 is 0. The number of amides is 3. The maximum atomic E-state index is 13.4. The van der Waals surface area contributed by atoms with Gasteiger partial charge in [0.1, 0.15) is 23.7 Å². The molecular weight excluding hydrogens is 432 g/mol. The summed E-state index contributed by atoms with van der Waals surface area (Å²) in [7, 11) is 1.64. The maximum Gasteiger partial charge on any atom is 0.254 e. The first-order valence-corrected chi connectivity index (χ1v) is 10.4. The molecular formula is C24H25F2N3O4. The van der Waals surface area contributed by atoms with Gasteiger partial charge in [-0.2, -0.15) is 0 Å². The average Bonchev–Trinajstić information content (AvgIpc) is 2.92. The van der Waals surface area contributed by atoms with Gasteiger partial charge in [-0.1, -0.05) is 36.4 Å². The molecule has 3 atom stereocenters. The molecule has 3 amide bonds. The molecule has 0 saturated carbocycles. The van der Waals surface area contributed by atoms with Gasteiger partial charge < -0.3 is 20.6 Å². The fourth-order valence-electron chi connectivity index (χ4n) is 3.56. The number of hydrogen-bond acceptors (Lipinski definition) is 4. The minimum atomic E-state index is -1.88. The Hall–Kier alpha value is -3.59. The molecule has 2 aromatic rings. The Kier molecular flexibility index (Phi) is 7.55. The smallest absolute Gasteiger partial charge is 0.254 e. The molecule has 0 unspecified atom stereocenters. The first kappa shape index (κ1) is 24.1. The Morgan fingerprint density at radius 2 is 1.73 bits per heavy atom. The second-order valence-corrected chi connectivity index (χ2v) is 7.85. The second-order valence-electron chi connectivity index (χ2n) is 7.85. The minimum Gasteiger partial charge on any atom is -0.378 e. The van der Waals surface area contributed by atoms with Crippen LogP contribution in [0.15, 0.2) is 54.6 Å². The van der Waals surface area contributed by atoms with E-state index in [2.05, 4.69) is 10.6 Å². The van der Waals surface area contributed by atoms with Gasteiger partial charge in [0.05, 0.1) is 0 Å². The summed E-state index contributed by atoms with van der Waals surface area (Å²) in [6.07, 6.45) is 0.630. The monoisotopic (exact) mass is 457 g/mol. The van der Waals surface area contributed by atoms with Crippen molar-refractivity contribution in [2.45, 2.75) is 31.5 Å². The second kappa shape index (κ2) is 10.4. The van der Waals surface area contributed by atoms with Gasteiger partial charge in [0.2, 0.25) is 11.8 Å². The highest BCUT2D eigenvalue weighted by atomic mass is 19.1. The fourth-order valence-corrected chi connectivity index (χ4v) is 3.56. The van der Waals surface area contributed by atoms with Gasteiger partial charge in [-0.25, -0.2) is 8.78 Å². The van der Waals surface area contributed by atoms with E-state index in [1.54, 1.807) is 7.05 Å².